The van der Waals surface area contributed by atoms with Crippen molar-refractivity contribution < 1.29 is 23.1 Å². The van der Waals surface area contributed by atoms with Crippen LogP contribution in [0.5, 0.6) is 0 Å². The fourth-order valence-electron chi connectivity index (χ4n) is 2.35. The Balaban J connectivity index is 2.11. The molecule has 1 unspecified atom stereocenters. The Labute approximate surface area is 108 Å². The highest BCUT2D eigenvalue weighted by Crippen LogP contribution is 2.33. The summed E-state index contributed by atoms with van der Waals surface area (Å²) in [6, 6.07) is 5.42. The minimum absolute atomic E-state index is 0.138. The molecule has 3 nitrogen and oxygen atoms in total. The van der Waals surface area contributed by atoms with Crippen molar-refractivity contribution in [2.45, 2.75) is 19.1 Å². The Morgan fingerprint density at radius 2 is 2.05 bits per heavy atom. The molecular weight excluding hydrogens is 259 g/mol. The summed E-state index contributed by atoms with van der Waals surface area (Å²) in [6.07, 6.45) is -3.88. The van der Waals surface area contributed by atoms with Crippen LogP contribution in [0.2, 0.25) is 0 Å². The first kappa shape index (κ1) is 13.9. The molecule has 0 aliphatic carbocycles. The van der Waals surface area contributed by atoms with Crippen molar-refractivity contribution in [1.29, 1.82) is 0 Å². The summed E-state index contributed by atoms with van der Waals surface area (Å²) in [7, 11) is 0. The van der Waals surface area contributed by atoms with Crippen LogP contribution >= 0.6 is 0 Å². The van der Waals surface area contributed by atoms with E-state index in [-0.39, 0.29) is 12.1 Å². The number of rotatable bonds is 3. The molecule has 1 aliphatic heterocycles. The Bertz CT molecular complexity index is 473. The molecule has 6 heteroatoms. The van der Waals surface area contributed by atoms with E-state index in [4.69, 9.17) is 5.11 Å². The molecule has 1 aromatic rings. The van der Waals surface area contributed by atoms with Gasteiger partial charge in [-0.25, -0.2) is 0 Å². The minimum atomic E-state index is -4.37. The van der Waals surface area contributed by atoms with Crippen molar-refractivity contribution in [2.75, 3.05) is 13.1 Å². The summed E-state index contributed by atoms with van der Waals surface area (Å²) in [5.74, 6) is -1.36. The van der Waals surface area contributed by atoms with Crippen LogP contribution < -0.4 is 0 Å². The zero-order valence-electron chi connectivity index (χ0n) is 10.2. The normalized spacial score (nSPS) is 20.7. The molecular formula is C13H14F3NO2. The van der Waals surface area contributed by atoms with Gasteiger partial charge >= 0.3 is 12.1 Å². The lowest BCUT2D eigenvalue weighted by Gasteiger charge is -2.19. The molecule has 0 radical (unpaired) electrons. The van der Waals surface area contributed by atoms with Crippen LogP contribution in [0.25, 0.3) is 0 Å². The highest BCUT2D eigenvalue weighted by atomic mass is 19.4. The molecule has 0 bridgehead atoms. The molecule has 0 amide bonds. The van der Waals surface area contributed by atoms with E-state index >= 15 is 0 Å². The van der Waals surface area contributed by atoms with E-state index in [1.165, 1.54) is 12.1 Å². The first-order valence-corrected chi connectivity index (χ1v) is 5.98. The number of carboxylic acids is 1. The van der Waals surface area contributed by atoms with Gasteiger partial charge in [0, 0.05) is 13.1 Å². The third-order valence-electron chi connectivity index (χ3n) is 3.34. The molecule has 0 saturated carbocycles. The van der Waals surface area contributed by atoms with Crippen LogP contribution in [0.1, 0.15) is 17.5 Å². The van der Waals surface area contributed by atoms with Gasteiger partial charge in [-0.1, -0.05) is 18.2 Å². The van der Waals surface area contributed by atoms with E-state index < -0.39 is 23.6 Å². The van der Waals surface area contributed by atoms with E-state index in [0.29, 0.717) is 19.5 Å². The van der Waals surface area contributed by atoms with E-state index in [0.717, 1.165) is 6.07 Å². The topological polar surface area (TPSA) is 40.5 Å². The SMILES string of the molecule is O=C(O)C1CCN(Cc2ccccc2C(F)(F)F)C1. The van der Waals surface area contributed by atoms with E-state index in [9.17, 15) is 18.0 Å². The first-order valence-electron chi connectivity index (χ1n) is 5.98. The third kappa shape index (κ3) is 3.26. The van der Waals surface area contributed by atoms with Gasteiger partial charge in [-0.3, -0.25) is 9.69 Å². The van der Waals surface area contributed by atoms with Gasteiger partial charge in [0.25, 0.3) is 0 Å². The zero-order valence-corrected chi connectivity index (χ0v) is 10.2. The lowest BCUT2D eigenvalue weighted by Crippen LogP contribution is -2.24. The molecule has 1 fully saturated rings. The number of aliphatic carboxylic acids is 1. The number of alkyl halides is 3. The molecule has 1 saturated heterocycles. The summed E-state index contributed by atoms with van der Waals surface area (Å²) < 4.78 is 38.4. The van der Waals surface area contributed by atoms with Gasteiger partial charge in [0.1, 0.15) is 0 Å². The molecule has 0 aromatic heterocycles. The average molecular weight is 273 g/mol. The van der Waals surface area contributed by atoms with E-state index in [1.807, 2.05) is 0 Å². The number of hydrogen-bond donors (Lipinski definition) is 1. The zero-order chi connectivity index (χ0) is 14.0. The standard InChI is InChI=1S/C13H14F3NO2/c14-13(15,16)11-4-2-1-3-9(11)7-17-6-5-10(8-17)12(18)19/h1-4,10H,5-8H2,(H,18,19). The predicted octanol–water partition coefficient (Wildman–Crippen LogP) is 2.61. The second kappa shape index (κ2) is 5.21. The Kier molecular flexibility index (Phi) is 3.80. The number of halogens is 3. The maximum Gasteiger partial charge on any atom is 0.416 e. The first-order chi connectivity index (χ1) is 8.88. The van der Waals surface area contributed by atoms with Gasteiger partial charge < -0.3 is 5.11 Å². The van der Waals surface area contributed by atoms with E-state index in [1.54, 1.807) is 11.0 Å². The van der Waals surface area contributed by atoms with Crippen molar-refractivity contribution in [3.8, 4) is 0 Å². The third-order valence-corrected chi connectivity index (χ3v) is 3.34. The van der Waals surface area contributed by atoms with Crippen LogP contribution in [0.3, 0.4) is 0 Å². The lowest BCUT2D eigenvalue weighted by molar-refractivity contribution is -0.141. The molecule has 19 heavy (non-hydrogen) atoms. The minimum Gasteiger partial charge on any atom is -0.481 e. The number of likely N-dealkylation sites (tertiary alicyclic amines) is 1. The second-order valence-electron chi connectivity index (χ2n) is 4.71. The number of hydrogen-bond acceptors (Lipinski definition) is 2. The van der Waals surface area contributed by atoms with Gasteiger partial charge in [0.05, 0.1) is 11.5 Å². The van der Waals surface area contributed by atoms with Crippen LogP contribution in [-0.4, -0.2) is 29.1 Å². The summed E-state index contributed by atoms with van der Waals surface area (Å²) >= 11 is 0. The predicted molar refractivity (Wildman–Crippen MR) is 62.5 cm³/mol. The van der Waals surface area contributed by atoms with Gasteiger partial charge in [0.15, 0.2) is 0 Å². The Morgan fingerprint density at radius 3 is 2.63 bits per heavy atom. The fraction of sp³-hybridized carbons (Fsp3) is 0.462. The molecule has 1 atom stereocenters. The quantitative estimate of drug-likeness (QED) is 0.920. The maximum absolute atomic E-state index is 12.8. The lowest BCUT2D eigenvalue weighted by atomic mass is 10.1. The summed E-state index contributed by atoms with van der Waals surface area (Å²) in [5.41, 5.74) is -0.449. The van der Waals surface area contributed by atoms with Crippen molar-refractivity contribution >= 4 is 5.97 Å². The molecule has 1 aromatic carbocycles. The molecule has 1 aliphatic rings. The monoisotopic (exact) mass is 273 g/mol. The highest BCUT2D eigenvalue weighted by Gasteiger charge is 2.34. The Hall–Kier alpha value is -1.56. The number of benzene rings is 1. The van der Waals surface area contributed by atoms with E-state index in [2.05, 4.69) is 0 Å². The second-order valence-corrected chi connectivity index (χ2v) is 4.71. The molecule has 2 rings (SSSR count). The van der Waals surface area contributed by atoms with Gasteiger partial charge in [-0.05, 0) is 24.6 Å². The summed E-state index contributed by atoms with van der Waals surface area (Å²) in [5, 5.41) is 8.87. The molecule has 104 valence electrons. The van der Waals surface area contributed by atoms with Crippen LogP contribution in [0.4, 0.5) is 13.2 Å². The summed E-state index contributed by atoms with van der Waals surface area (Å²) in [4.78, 5) is 12.6. The van der Waals surface area contributed by atoms with Crippen molar-refractivity contribution in [2.24, 2.45) is 5.92 Å². The van der Waals surface area contributed by atoms with Gasteiger partial charge in [-0.15, -0.1) is 0 Å². The van der Waals surface area contributed by atoms with Crippen LogP contribution in [0.15, 0.2) is 24.3 Å². The molecule has 0 spiro atoms. The maximum atomic E-state index is 12.8. The summed E-state index contributed by atoms with van der Waals surface area (Å²) in [6.45, 7) is 0.962. The van der Waals surface area contributed by atoms with Crippen LogP contribution in [0, 0.1) is 5.92 Å². The molecule has 1 heterocycles. The highest BCUT2D eigenvalue weighted by molar-refractivity contribution is 5.70. The fourth-order valence-corrected chi connectivity index (χ4v) is 2.35. The largest absolute Gasteiger partial charge is 0.481 e. The molecule has 1 N–H and O–H groups in total. The number of carbonyl (C=O) groups is 1. The van der Waals surface area contributed by atoms with Crippen molar-refractivity contribution in [3.05, 3.63) is 35.4 Å². The van der Waals surface area contributed by atoms with Gasteiger partial charge in [-0.2, -0.15) is 13.2 Å². The smallest absolute Gasteiger partial charge is 0.416 e. The van der Waals surface area contributed by atoms with Crippen LogP contribution in [-0.2, 0) is 17.5 Å². The number of nitrogens with zero attached hydrogens (tertiary/aromatic N) is 1. The average Bonchev–Trinajstić information content (AvgIpc) is 2.77. The number of carboxylic acid groups (broad SMARTS) is 1. The van der Waals surface area contributed by atoms with Crippen molar-refractivity contribution in [3.63, 3.8) is 0 Å². The van der Waals surface area contributed by atoms with Gasteiger partial charge in [0.2, 0.25) is 0 Å². The van der Waals surface area contributed by atoms with Crippen molar-refractivity contribution in [1.82, 2.24) is 4.90 Å². The Morgan fingerprint density at radius 1 is 1.37 bits per heavy atom.